The fraction of sp³-hybridized carbons (Fsp3) is 0.481. The van der Waals surface area contributed by atoms with Crippen molar-refractivity contribution in [2.45, 2.75) is 57.5 Å². The lowest BCUT2D eigenvalue weighted by Gasteiger charge is -2.57. The lowest BCUT2D eigenvalue weighted by molar-refractivity contribution is -0.137. The van der Waals surface area contributed by atoms with Gasteiger partial charge in [0.15, 0.2) is 0 Å². The molecule has 4 fully saturated rings. The van der Waals surface area contributed by atoms with Crippen molar-refractivity contribution >= 4 is 23.6 Å². The van der Waals surface area contributed by atoms with Crippen LogP contribution in [0.2, 0.25) is 5.02 Å². The van der Waals surface area contributed by atoms with Crippen LogP contribution in [-0.2, 0) is 21.6 Å². The first-order valence-corrected chi connectivity index (χ1v) is 12.1. The molecule has 32 heavy (non-hydrogen) atoms. The highest BCUT2D eigenvalue weighted by Gasteiger charge is 2.51. The molecule has 4 nitrogen and oxygen atoms in total. The van der Waals surface area contributed by atoms with Crippen LogP contribution < -0.4 is 4.74 Å². The molecular weight excluding hydrogens is 422 g/mol. The van der Waals surface area contributed by atoms with Gasteiger partial charge in [0.2, 0.25) is 5.88 Å². The monoisotopic (exact) mass is 451 g/mol. The molecule has 0 aliphatic heterocycles. The predicted molar refractivity (Wildman–Crippen MR) is 126 cm³/mol. The SMILES string of the molecule is CCOC(=O)/C=C/c1cnc(OCc2ccc(C34CC5CC(CC(C5)C3)C4)cc2)c(Cl)c1. The highest BCUT2D eigenvalue weighted by atomic mass is 35.5. The number of ether oxygens (including phenoxy) is 2. The smallest absolute Gasteiger partial charge is 0.330 e. The Balaban J connectivity index is 1.21. The highest BCUT2D eigenvalue weighted by molar-refractivity contribution is 6.32. The number of pyridine rings is 1. The topological polar surface area (TPSA) is 48.4 Å². The van der Waals surface area contributed by atoms with E-state index in [1.54, 1.807) is 25.3 Å². The fourth-order valence-electron chi connectivity index (χ4n) is 6.56. The van der Waals surface area contributed by atoms with E-state index in [2.05, 4.69) is 29.2 Å². The Morgan fingerprint density at radius 2 is 1.78 bits per heavy atom. The van der Waals surface area contributed by atoms with Gasteiger partial charge in [-0.15, -0.1) is 0 Å². The molecule has 0 atom stereocenters. The molecule has 0 saturated heterocycles. The molecule has 168 valence electrons. The van der Waals surface area contributed by atoms with Crippen molar-refractivity contribution in [2.24, 2.45) is 17.8 Å². The Kier molecular flexibility index (Phi) is 5.98. The molecule has 4 bridgehead atoms. The van der Waals surface area contributed by atoms with Crippen LogP contribution in [0.4, 0.5) is 0 Å². The van der Waals surface area contributed by atoms with Crippen molar-refractivity contribution in [2.75, 3.05) is 6.61 Å². The molecule has 0 spiro atoms. The van der Waals surface area contributed by atoms with E-state index >= 15 is 0 Å². The summed E-state index contributed by atoms with van der Waals surface area (Å²) >= 11 is 6.34. The molecule has 4 aliphatic carbocycles. The molecule has 5 heteroatoms. The van der Waals surface area contributed by atoms with Crippen LogP contribution in [-0.4, -0.2) is 17.6 Å². The van der Waals surface area contributed by atoms with E-state index in [0.29, 0.717) is 29.5 Å². The second kappa shape index (κ2) is 8.90. The number of aromatic nitrogens is 1. The Morgan fingerprint density at radius 3 is 2.38 bits per heavy atom. The molecule has 0 unspecified atom stereocenters. The van der Waals surface area contributed by atoms with Crippen molar-refractivity contribution in [1.29, 1.82) is 0 Å². The van der Waals surface area contributed by atoms with E-state index in [1.165, 1.54) is 50.2 Å². The van der Waals surface area contributed by atoms with Crippen LogP contribution in [0.15, 0.2) is 42.6 Å². The summed E-state index contributed by atoms with van der Waals surface area (Å²) in [5.74, 6) is 2.86. The summed E-state index contributed by atoms with van der Waals surface area (Å²) in [5, 5.41) is 0.418. The number of esters is 1. The van der Waals surface area contributed by atoms with Crippen LogP contribution in [0.3, 0.4) is 0 Å². The van der Waals surface area contributed by atoms with Crippen LogP contribution in [0.1, 0.15) is 62.1 Å². The first-order valence-electron chi connectivity index (χ1n) is 11.8. The molecule has 1 heterocycles. The Morgan fingerprint density at radius 1 is 1.12 bits per heavy atom. The predicted octanol–water partition coefficient (Wildman–Crippen LogP) is 6.36. The summed E-state index contributed by atoms with van der Waals surface area (Å²) in [4.78, 5) is 15.7. The normalized spacial score (nSPS) is 28.2. The third-order valence-electron chi connectivity index (χ3n) is 7.51. The minimum Gasteiger partial charge on any atom is -0.472 e. The van der Waals surface area contributed by atoms with Gasteiger partial charge in [0.1, 0.15) is 11.6 Å². The second-order valence-corrected chi connectivity index (χ2v) is 10.2. The van der Waals surface area contributed by atoms with Crippen LogP contribution in [0.25, 0.3) is 6.08 Å². The summed E-state index contributed by atoms with van der Waals surface area (Å²) in [6.45, 7) is 2.54. The summed E-state index contributed by atoms with van der Waals surface area (Å²) in [5.41, 5.74) is 3.78. The molecule has 0 radical (unpaired) electrons. The van der Waals surface area contributed by atoms with E-state index in [4.69, 9.17) is 21.1 Å². The number of halogens is 1. The Bertz CT molecular complexity index is 979. The maximum atomic E-state index is 11.4. The average Bonchev–Trinajstić information content (AvgIpc) is 2.77. The largest absolute Gasteiger partial charge is 0.472 e. The van der Waals surface area contributed by atoms with Crippen molar-refractivity contribution in [3.63, 3.8) is 0 Å². The number of carbonyl (C=O) groups is 1. The van der Waals surface area contributed by atoms with E-state index in [9.17, 15) is 4.79 Å². The van der Waals surface area contributed by atoms with Gasteiger partial charge in [0.25, 0.3) is 0 Å². The standard InChI is InChI=1S/C27H30ClNO3/c1-2-31-25(30)8-5-19-12-24(28)26(29-16-19)32-17-18-3-6-23(7-4-18)27-13-20-9-21(14-27)11-22(10-20)15-27/h3-8,12,16,20-22H,2,9-11,13-15,17H2,1H3/b8-5+. The van der Waals surface area contributed by atoms with Gasteiger partial charge in [0, 0.05) is 12.3 Å². The van der Waals surface area contributed by atoms with Gasteiger partial charge in [-0.1, -0.05) is 35.9 Å². The van der Waals surface area contributed by atoms with Crippen molar-refractivity contribution in [3.05, 3.63) is 64.3 Å². The molecule has 1 aromatic carbocycles. The van der Waals surface area contributed by atoms with Crippen LogP contribution in [0.5, 0.6) is 5.88 Å². The maximum absolute atomic E-state index is 11.4. The lowest BCUT2D eigenvalue weighted by Crippen LogP contribution is -2.48. The van der Waals surface area contributed by atoms with E-state index in [0.717, 1.165) is 28.9 Å². The summed E-state index contributed by atoms with van der Waals surface area (Å²) in [6, 6.07) is 10.8. The zero-order chi connectivity index (χ0) is 22.1. The van der Waals surface area contributed by atoms with Crippen molar-refractivity contribution in [3.8, 4) is 5.88 Å². The number of hydrogen-bond acceptors (Lipinski definition) is 4. The minimum atomic E-state index is -0.388. The molecule has 2 aromatic rings. The van der Waals surface area contributed by atoms with E-state index in [-0.39, 0.29) is 5.97 Å². The first-order chi connectivity index (χ1) is 15.5. The van der Waals surface area contributed by atoms with E-state index in [1.807, 2.05) is 0 Å². The minimum absolute atomic E-state index is 0.346. The summed E-state index contributed by atoms with van der Waals surface area (Å²) in [7, 11) is 0. The van der Waals surface area contributed by atoms with Gasteiger partial charge in [-0.25, -0.2) is 9.78 Å². The molecule has 6 rings (SSSR count). The molecule has 4 aliphatic rings. The number of hydrogen-bond donors (Lipinski definition) is 0. The third kappa shape index (κ3) is 4.43. The third-order valence-corrected chi connectivity index (χ3v) is 7.78. The fourth-order valence-corrected chi connectivity index (χ4v) is 6.79. The molecule has 0 N–H and O–H groups in total. The Labute approximate surface area is 195 Å². The molecule has 4 saturated carbocycles. The second-order valence-electron chi connectivity index (χ2n) is 9.82. The van der Waals surface area contributed by atoms with Gasteiger partial charge in [0.05, 0.1) is 6.61 Å². The zero-order valence-electron chi connectivity index (χ0n) is 18.6. The number of nitrogens with zero attached hydrogens (tertiary/aromatic N) is 1. The summed E-state index contributed by atoms with van der Waals surface area (Å²) in [6.07, 6.45) is 13.2. The van der Waals surface area contributed by atoms with Crippen LogP contribution >= 0.6 is 11.6 Å². The van der Waals surface area contributed by atoms with Gasteiger partial charge in [-0.2, -0.15) is 0 Å². The van der Waals surface area contributed by atoms with Crippen molar-refractivity contribution < 1.29 is 14.3 Å². The van der Waals surface area contributed by atoms with Crippen molar-refractivity contribution in [1.82, 2.24) is 4.98 Å². The van der Waals surface area contributed by atoms with Gasteiger partial charge >= 0.3 is 5.97 Å². The van der Waals surface area contributed by atoms with E-state index < -0.39 is 0 Å². The number of benzene rings is 1. The molecule has 1 aromatic heterocycles. The highest BCUT2D eigenvalue weighted by Crippen LogP contribution is 2.60. The lowest BCUT2D eigenvalue weighted by atomic mass is 9.48. The van der Waals surface area contributed by atoms with Gasteiger partial charge < -0.3 is 9.47 Å². The van der Waals surface area contributed by atoms with Gasteiger partial charge in [-0.3, -0.25) is 0 Å². The molecule has 0 amide bonds. The average molecular weight is 452 g/mol. The summed E-state index contributed by atoms with van der Waals surface area (Å²) < 4.78 is 10.7. The zero-order valence-corrected chi connectivity index (χ0v) is 19.3. The maximum Gasteiger partial charge on any atom is 0.330 e. The van der Waals surface area contributed by atoms with Crippen LogP contribution in [0, 0.1) is 17.8 Å². The number of rotatable bonds is 7. The quantitative estimate of drug-likeness (QED) is 0.363. The van der Waals surface area contributed by atoms with Gasteiger partial charge in [-0.05, 0) is 97.5 Å². The number of carbonyl (C=O) groups excluding carboxylic acids is 1. The first kappa shape index (κ1) is 21.5. The Hall–Kier alpha value is -2.33. The molecular formula is C27H30ClNO3.